The van der Waals surface area contributed by atoms with E-state index in [0.29, 0.717) is 23.1 Å². The van der Waals surface area contributed by atoms with Crippen molar-refractivity contribution in [3.05, 3.63) is 29.6 Å². The second-order valence-corrected chi connectivity index (χ2v) is 4.93. The molecule has 5 nitrogen and oxygen atoms in total. The number of aromatic nitrogens is 1. The number of carbonyl (C=O) groups excluding carboxylic acids is 1. The maximum Gasteiger partial charge on any atom is 0.272 e. The largest absolute Gasteiger partial charge is 0.337 e. The molecule has 0 aromatic carbocycles. The predicted octanol–water partition coefficient (Wildman–Crippen LogP) is 0.245. The van der Waals surface area contributed by atoms with Crippen molar-refractivity contribution in [1.29, 1.82) is 5.26 Å². The van der Waals surface area contributed by atoms with Gasteiger partial charge in [0, 0.05) is 32.4 Å². The quantitative estimate of drug-likeness (QED) is 0.766. The number of hydrogen-bond donors (Lipinski definition) is 1. The molecule has 2 aliphatic heterocycles. The molecule has 3 heterocycles. The molecule has 2 unspecified atom stereocenters. The monoisotopic (exact) mass is 242 g/mol. The molecule has 1 N–H and O–H groups in total. The van der Waals surface area contributed by atoms with E-state index in [1.165, 1.54) is 6.20 Å². The number of rotatable bonds is 1. The fraction of sp³-hybridized carbons (Fsp3) is 0.462. The van der Waals surface area contributed by atoms with E-state index in [0.717, 1.165) is 26.2 Å². The zero-order valence-electron chi connectivity index (χ0n) is 9.97. The van der Waals surface area contributed by atoms with Gasteiger partial charge >= 0.3 is 0 Å². The van der Waals surface area contributed by atoms with Crippen molar-refractivity contribution in [3.63, 3.8) is 0 Å². The van der Waals surface area contributed by atoms with Crippen molar-refractivity contribution in [2.75, 3.05) is 26.2 Å². The van der Waals surface area contributed by atoms with Crippen molar-refractivity contribution >= 4 is 5.91 Å². The molecule has 92 valence electrons. The third-order valence-corrected chi connectivity index (χ3v) is 3.79. The van der Waals surface area contributed by atoms with Gasteiger partial charge in [0.25, 0.3) is 5.91 Å². The van der Waals surface area contributed by atoms with Crippen molar-refractivity contribution in [1.82, 2.24) is 15.2 Å². The lowest BCUT2D eigenvalue weighted by Crippen LogP contribution is -2.32. The highest BCUT2D eigenvalue weighted by molar-refractivity contribution is 5.92. The standard InChI is InChI=1S/C13H14N4O/c14-3-9-1-2-12(16-4-9)13(18)17-7-10-5-15-6-11(10)8-17/h1-2,4,10-11,15H,5-8H2. The summed E-state index contributed by atoms with van der Waals surface area (Å²) in [7, 11) is 0. The molecule has 1 aromatic heterocycles. The summed E-state index contributed by atoms with van der Waals surface area (Å²) < 4.78 is 0. The van der Waals surface area contributed by atoms with E-state index >= 15 is 0 Å². The summed E-state index contributed by atoms with van der Waals surface area (Å²) in [4.78, 5) is 18.2. The number of nitrogens with one attached hydrogen (secondary N) is 1. The molecule has 0 aliphatic carbocycles. The summed E-state index contributed by atoms with van der Waals surface area (Å²) in [6, 6.07) is 5.27. The molecule has 2 fully saturated rings. The van der Waals surface area contributed by atoms with Gasteiger partial charge in [0.2, 0.25) is 0 Å². The van der Waals surface area contributed by atoms with E-state index in [1.54, 1.807) is 12.1 Å². The topological polar surface area (TPSA) is 69.0 Å². The second kappa shape index (κ2) is 4.39. The Balaban J connectivity index is 1.73. The maximum absolute atomic E-state index is 12.2. The molecule has 0 radical (unpaired) electrons. The van der Waals surface area contributed by atoms with Gasteiger partial charge in [-0.1, -0.05) is 0 Å². The molecule has 1 aromatic rings. The molecule has 0 bridgehead atoms. The van der Waals surface area contributed by atoms with E-state index in [9.17, 15) is 4.79 Å². The van der Waals surface area contributed by atoms with Gasteiger partial charge in [0.1, 0.15) is 11.8 Å². The van der Waals surface area contributed by atoms with Crippen LogP contribution in [0.2, 0.25) is 0 Å². The zero-order valence-corrected chi connectivity index (χ0v) is 9.97. The Hall–Kier alpha value is -1.93. The average molecular weight is 242 g/mol. The molecule has 2 atom stereocenters. The summed E-state index contributed by atoms with van der Waals surface area (Å²) >= 11 is 0. The summed E-state index contributed by atoms with van der Waals surface area (Å²) in [5, 5.41) is 12.0. The van der Waals surface area contributed by atoms with Gasteiger partial charge in [0.15, 0.2) is 0 Å². The third-order valence-electron chi connectivity index (χ3n) is 3.79. The molecule has 3 rings (SSSR count). The number of nitriles is 1. The Morgan fingerprint density at radius 2 is 2.11 bits per heavy atom. The first-order chi connectivity index (χ1) is 8.78. The van der Waals surface area contributed by atoms with Gasteiger partial charge in [-0.15, -0.1) is 0 Å². The van der Waals surface area contributed by atoms with Crippen LogP contribution in [0.3, 0.4) is 0 Å². The van der Waals surface area contributed by atoms with Crippen molar-refractivity contribution in [2.24, 2.45) is 11.8 Å². The minimum atomic E-state index is -0.0195. The summed E-state index contributed by atoms with van der Waals surface area (Å²) in [5.74, 6) is 1.16. The van der Waals surface area contributed by atoms with Crippen LogP contribution in [0.25, 0.3) is 0 Å². The van der Waals surface area contributed by atoms with Crippen LogP contribution in [0.15, 0.2) is 18.3 Å². The lowest BCUT2D eigenvalue weighted by Gasteiger charge is -2.16. The Morgan fingerprint density at radius 1 is 1.39 bits per heavy atom. The van der Waals surface area contributed by atoms with E-state index in [1.807, 2.05) is 11.0 Å². The number of fused-ring (bicyclic) bond motifs is 1. The van der Waals surface area contributed by atoms with Gasteiger partial charge in [-0.3, -0.25) is 4.79 Å². The fourth-order valence-electron chi connectivity index (χ4n) is 2.77. The highest BCUT2D eigenvalue weighted by Gasteiger charge is 2.38. The lowest BCUT2D eigenvalue weighted by atomic mass is 10.0. The fourth-order valence-corrected chi connectivity index (χ4v) is 2.77. The minimum absolute atomic E-state index is 0.0195. The maximum atomic E-state index is 12.2. The number of amides is 1. The number of carbonyl (C=O) groups is 1. The Morgan fingerprint density at radius 3 is 2.67 bits per heavy atom. The summed E-state index contributed by atoms with van der Waals surface area (Å²) in [6.45, 7) is 3.65. The van der Waals surface area contributed by atoms with Crippen molar-refractivity contribution in [2.45, 2.75) is 0 Å². The van der Waals surface area contributed by atoms with Gasteiger partial charge in [-0.05, 0) is 24.0 Å². The van der Waals surface area contributed by atoms with Gasteiger partial charge in [0.05, 0.1) is 5.56 Å². The molecule has 0 spiro atoms. The third kappa shape index (κ3) is 1.85. The molecule has 5 heteroatoms. The number of nitrogens with zero attached hydrogens (tertiary/aromatic N) is 3. The van der Waals surface area contributed by atoms with E-state index in [-0.39, 0.29) is 5.91 Å². The molecule has 18 heavy (non-hydrogen) atoms. The van der Waals surface area contributed by atoms with Gasteiger partial charge < -0.3 is 10.2 Å². The average Bonchev–Trinajstić information content (AvgIpc) is 2.99. The molecular weight excluding hydrogens is 228 g/mol. The number of hydrogen-bond acceptors (Lipinski definition) is 4. The lowest BCUT2D eigenvalue weighted by molar-refractivity contribution is 0.0776. The molecule has 0 saturated carbocycles. The van der Waals surface area contributed by atoms with Crippen LogP contribution in [0.5, 0.6) is 0 Å². The van der Waals surface area contributed by atoms with Gasteiger partial charge in [-0.25, -0.2) is 4.98 Å². The van der Waals surface area contributed by atoms with Crippen molar-refractivity contribution in [3.8, 4) is 6.07 Å². The highest BCUT2D eigenvalue weighted by atomic mass is 16.2. The molecular formula is C13H14N4O. The Kier molecular flexibility index (Phi) is 2.73. The minimum Gasteiger partial charge on any atom is -0.337 e. The van der Waals surface area contributed by atoms with Crippen molar-refractivity contribution < 1.29 is 4.79 Å². The van der Waals surface area contributed by atoms with E-state index < -0.39 is 0 Å². The Labute approximate surface area is 105 Å². The second-order valence-electron chi connectivity index (χ2n) is 4.93. The van der Waals surface area contributed by atoms with Gasteiger partial charge in [-0.2, -0.15) is 5.26 Å². The van der Waals surface area contributed by atoms with Crippen LogP contribution in [-0.4, -0.2) is 42.0 Å². The first-order valence-electron chi connectivity index (χ1n) is 6.14. The van der Waals surface area contributed by atoms with E-state index in [2.05, 4.69) is 10.3 Å². The predicted molar refractivity (Wildman–Crippen MR) is 64.7 cm³/mol. The first-order valence-corrected chi connectivity index (χ1v) is 6.14. The van der Waals surface area contributed by atoms with Crippen LogP contribution in [0.4, 0.5) is 0 Å². The van der Waals surface area contributed by atoms with E-state index in [4.69, 9.17) is 5.26 Å². The van der Waals surface area contributed by atoms with Crippen LogP contribution in [0.1, 0.15) is 16.1 Å². The van der Waals surface area contributed by atoms with Crippen LogP contribution < -0.4 is 5.32 Å². The first kappa shape index (κ1) is 11.2. The normalized spacial score (nSPS) is 25.8. The summed E-state index contributed by atoms with van der Waals surface area (Å²) in [6.07, 6.45) is 1.45. The number of likely N-dealkylation sites (tertiary alicyclic amines) is 1. The number of pyridine rings is 1. The van der Waals surface area contributed by atoms with Crippen LogP contribution in [0, 0.1) is 23.2 Å². The zero-order chi connectivity index (χ0) is 12.5. The molecule has 1 amide bonds. The molecule has 2 saturated heterocycles. The smallest absolute Gasteiger partial charge is 0.272 e. The van der Waals surface area contributed by atoms with Crippen LogP contribution in [-0.2, 0) is 0 Å². The Bertz CT molecular complexity index is 493. The summed E-state index contributed by atoms with van der Waals surface area (Å²) in [5.41, 5.74) is 0.913. The van der Waals surface area contributed by atoms with Crippen LogP contribution >= 0.6 is 0 Å². The highest BCUT2D eigenvalue weighted by Crippen LogP contribution is 2.27. The SMILES string of the molecule is N#Cc1ccc(C(=O)N2CC3CNCC3C2)nc1. The molecule has 2 aliphatic rings.